The van der Waals surface area contributed by atoms with Crippen molar-refractivity contribution >= 4 is 28.3 Å². The summed E-state index contributed by atoms with van der Waals surface area (Å²) < 4.78 is 5.36. The standard InChI is InChI=1S/C20H16N2O5/c1-3-5-13-6-4-7-14-11-16(20(24)27-18(13)14)19(23)21-17-9-8-15(22(25)26)10-12(17)2/h3-4,6-11H,1,5H2,2H3,(H,21,23). The number of nitrogens with one attached hydrogen (secondary N) is 1. The van der Waals surface area contributed by atoms with Gasteiger partial charge in [-0.05, 0) is 36.6 Å². The molecular formula is C20H16N2O5. The number of hydrogen-bond acceptors (Lipinski definition) is 5. The third kappa shape index (κ3) is 3.62. The first-order chi connectivity index (χ1) is 12.9. The normalized spacial score (nSPS) is 10.6. The number of non-ortho nitro benzene ring substituents is 1. The van der Waals surface area contributed by atoms with Gasteiger partial charge in [0.25, 0.3) is 11.6 Å². The Labute approximate surface area is 154 Å². The van der Waals surface area contributed by atoms with Crippen molar-refractivity contribution in [3.8, 4) is 0 Å². The van der Waals surface area contributed by atoms with Crippen molar-refractivity contribution in [1.82, 2.24) is 0 Å². The highest BCUT2D eigenvalue weighted by molar-refractivity contribution is 6.05. The Bertz CT molecular complexity index is 1130. The summed E-state index contributed by atoms with van der Waals surface area (Å²) in [4.78, 5) is 35.1. The van der Waals surface area contributed by atoms with Crippen LogP contribution in [0.5, 0.6) is 0 Å². The van der Waals surface area contributed by atoms with Crippen LogP contribution in [0.25, 0.3) is 11.0 Å². The number of aryl methyl sites for hydroxylation is 1. The molecule has 27 heavy (non-hydrogen) atoms. The van der Waals surface area contributed by atoms with Gasteiger partial charge in [-0.1, -0.05) is 24.3 Å². The van der Waals surface area contributed by atoms with E-state index in [4.69, 9.17) is 4.42 Å². The molecule has 0 saturated heterocycles. The van der Waals surface area contributed by atoms with Crippen LogP contribution < -0.4 is 10.9 Å². The van der Waals surface area contributed by atoms with Crippen molar-refractivity contribution in [1.29, 1.82) is 0 Å². The lowest BCUT2D eigenvalue weighted by molar-refractivity contribution is -0.384. The maximum absolute atomic E-state index is 12.5. The number of benzene rings is 2. The molecule has 1 heterocycles. The molecule has 0 atom stereocenters. The molecule has 1 aromatic heterocycles. The zero-order valence-corrected chi connectivity index (χ0v) is 14.5. The van der Waals surface area contributed by atoms with Crippen LogP contribution in [-0.2, 0) is 6.42 Å². The number of carbonyl (C=O) groups is 1. The van der Waals surface area contributed by atoms with E-state index in [1.54, 1.807) is 19.1 Å². The molecule has 7 nitrogen and oxygen atoms in total. The van der Waals surface area contributed by atoms with Gasteiger partial charge in [-0.25, -0.2) is 4.79 Å². The minimum absolute atomic E-state index is 0.0783. The van der Waals surface area contributed by atoms with Crippen LogP contribution in [-0.4, -0.2) is 10.8 Å². The Morgan fingerprint density at radius 3 is 2.74 bits per heavy atom. The molecule has 1 amide bonds. The Kier molecular flexibility index (Phi) is 4.85. The molecule has 2 aromatic carbocycles. The third-order valence-corrected chi connectivity index (χ3v) is 4.12. The topological polar surface area (TPSA) is 102 Å². The quantitative estimate of drug-likeness (QED) is 0.319. The summed E-state index contributed by atoms with van der Waals surface area (Å²) in [6.07, 6.45) is 2.24. The summed E-state index contributed by atoms with van der Waals surface area (Å²) >= 11 is 0. The van der Waals surface area contributed by atoms with Crippen molar-refractivity contribution in [3.63, 3.8) is 0 Å². The second-order valence-corrected chi connectivity index (χ2v) is 5.99. The van der Waals surface area contributed by atoms with Gasteiger partial charge in [0.15, 0.2) is 0 Å². The van der Waals surface area contributed by atoms with E-state index in [-0.39, 0.29) is 11.3 Å². The van der Waals surface area contributed by atoms with Gasteiger partial charge in [0, 0.05) is 23.2 Å². The fourth-order valence-corrected chi connectivity index (χ4v) is 2.77. The summed E-state index contributed by atoms with van der Waals surface area (Å²) in [7, 11) is 0. The maximum atomic E-state index is 12.5. The van der Waals surface area contributed by atoms with E-state index in [1.165, 1.54) is 24.3 Å². The number of para-hydroxylation sites is 1. The number of amides is 1. The first-order valence-corrected chi connectivity index (χ1v) is 8.13. The highest BCUT2D eigenvalue weighted by atomic mass is 16.6. The van der Waals surface area contributed by atoms with Crippen LogP contribution in [0.3, 0.4) is 0 Å². The molecule has 0 saturated carbocycles. The molecule has 0 spiro atoms. The van der Waals surface area contributed by atoms with Crippen LogP contribution in [0, 0.1) is 17.0 Å². The number of nitro benzene ring substituents is 1. The van der Waals surface area contributed by atoms with E-state index in [0.717, 1.165) is 5.56 Å². The summed E-state index contributed by atoms with van der Waals surface area (Å²) in [5.74, 6) is -0.642. The zero-order chi connectivity index (χ0) is 19.6. The van der Waals surface area contributed by atoms with E-state index in [0.29, 0.717) is 28.6 Å². The Hall–Kier alpha value is -3.74. The molecule has 0 radical (unpaired) electrons. The van der Waals surface area contributed by atoms with Crippen molar-refractivity contribution in [2.24, 2.45) is 0 Å². The lowest BCUT2D eigenvalue weighted by atomic mass is 10.1. The third-order valence-electron chi connectivity index (χ3n) is 4.12. The van der Waals surface area contributed by atoms with E-state index in [9.17, 15) is 19.7 Å². The second-order valence-electron chi connectivity index (χ2n) is 5.99. The van der Waals surface area contributed by atoms with Gasteiger partial charge < -0.3 is 9.73 Å². The molecule has 136 valence electrons. The number of fused-ring (bicyclic) bond motifs is 1. The van der Waals surface area contributed by atoms with Crippen LogP contribution in [0.2, 0.25) is 0 Å². The molecule has 0 aliphatic rings. The number of rotatable bonds is 5. The molecule has 0 bridgehead atoms. The molecule has 1 N–H and O–H groups in total. The van der Waals surface area contributed by atoms with Crippen molar-refractivity contribution in [2.45, 2.75) is 13.3 Å². The fraction of sp³-hybridized carbons (Fsp3) is 0.100. The minimum atomic E-state index is -0.754. The average molecular weight is 364 g/mol. The van der Waals surface area contributed by atoms with Crippen LogP contribution >= 0.6 is 0 Å². The summed E-state index contributed by atoms with van der Waals surface area (Å²) in [5.41, 5.74) is 1.14. The number of nitrogens with zero attached hydrogens (tertiary/aromatic N) is 1. The first-order valence-electron chi connectivity index (χ1n) is 8.13. The molecule has 0 fully saturated rings. The smallest absolute Gasteiger partial charge is 0.349 e. The summed E-state index contributed by atoms with van der Waals surface area (Å²) in [5, 5.41) is 14.0. The SMILES string of the molecule is C=CCc1cccc2cc(C(=O)Nc3ccc([N+](=O)[O-])cc3C)c(=O)oc12. The van der Waals surface area contributed by atoms with Crippen molar-refractivity contribution in [2.75, 3.05) is 5.32 Å². The number of allylic oxidation sites excluding steroid dienone is 1. The van der Waals surface area contributed by atoms with E-state index < -0.39 is 16.5 Å². The van der Waals surface area contributed by atoms with E-state index >= 15 is 0 Å². The van der Waals surface area contributed by atoms with Crippen LogP contribution in [0.15, 0.2) is 64.3 Å². The number of nitro groups is 1. The van der Waals surface area contributed by atoms with Gasteiger partial charge in [-0.15, -0.1) is 6.58 Å². The van der Waals surface area contributed by atoms with Gasteiger partial charge in [0.05, 0.1) is 4.92 Å². The predicted molar refractivity (Wildman–Crippen MR) is 102 cm³/mol. The molecule has 3 rings (SSSR count). The van der Waals surface area contributed by atoms with Gasteiger partial charge >= 0.3 is 5.63 Å². The molecule has 7 heteroatoms. The minimum Gasteiger partial charge on any atom is -0.422 e. The molecule has 3 aromatic rings. The van der Waals surface area contributed by atoms with Gasteiger partial charge in [0.1, 0.15) is 11.1 Å². The molecular weight excluding hydrogens is 348 g/mol. The van der Waals surface area contributed by atoms with Crippen molar-refractivity contribution in [3.05, 3.63) is 92.3 Å². The lowest BCUT2D eigenvalue weighted by Gasteiger charge is -2.09. The largest absolute Gasteiger partial charge is 0.422 e. The maximum Gasteiger partial charge on any atom is 0.349 e. The Morgan fingerprint density at radius 2 is 2.07 bits per heavy atom. The lowest BCUT2D eigenvalue weighted by Crippen LogP contribution is -2.21. The highest BCUT2D eigenvalue weighted by Crippen LogP contribution is 2.23. The van der Waals surface area contributed by atoms with Gasteiger partial charge in [0.2, 0.25) is 0 Å². The molecule has 0 aliphatic heterocycles. The van der Waals surface area contributed by atoms with Crippen LogP contribution in [0.4, 0.5) is 11.4 Å². The van der Waals surface area contributed by atoms with E-state index in [1.807, 2.05) is 12.1 Å². The fourth-order valence-electron chi connectivity index (χ4n) is 2.77. The predicted octanol–water partition coefficient (Wildman–Crippen LogP) is 3.99. The van der Waals surface area contributed by atoms with E-state index in [2.05, 4.69) is 11.9 Å². The molecule has 0 aliphatic carbocycles. The number of hydrogen-bond donors (Lipinski definition) is 1. The van der Waals surface area contributed by atoms with Gasteiger partial charge in [-0.2, -0.15) is 0 Å². The second kappa shape index (κ2) is 7.25. The highest BCUT2D eigenvalue weighted by Gasteiger charge is 2.17. The summed E-state index contributed by atoms with van der Waals surface area (Å²) in [6.45, 7) is 5.31. The Morgan fingerprint density at radius 1 is 1.30 bits per heavy atom. The zero-order valence-electron chi connectivity index (χ0n) is 14.5. The summed E-state index contributed by atoms with van der Waals surface area (Å²) in [6, 6.07) is 10.9. The Balaban J connectivity index is 1.97. The van der Waals surface area contributed by atoms with Crippen LogP contribution in [0.1, 0.15) is 21.5 Å². The number of anilines is 1. The number of carbonyl (C=O) groups excluding carboxylic acids is 1. The monoisotopic (exact) mass is 364 g/mol. The average Bonchev–Trinajstić information content (AvgIpc) is 2.63. The molecule has 0 unspecified atom stereocenters. The van der Waals surface area contributed by atoms with Gasteiger partial charge in [-0.3, -0.25) is 14.9 Å². The first kappa shape index (κ1) is 18.1. The van der Waals surface area contributed by atoms with Crippen molar-refractivity contribution < 1.29 is 14.1 Å².